The lowest BCUT2D eigenvalue weighted by atomic mass is 9.94. The lowest BCUT2D eigenvalue weighted by Gasteiger charge is -2.31. The fourth-order valence-corrected chi connectivity index (χ4v) is 4.82. The molecule has 0 bridgehead atoms. The number of piperidine rings is 1. The van der Waals surface area contributed by atoms with Crippen molar-refractivity contribution in [2.75, 3.05) is 26.9 Å². The van der Waals surface area contributed by atoms with Gasteiger partial charge in [-0.2, -0.15) is 0 Å². The topological polar surface area (TPSA) is 77.5 Å². The van der Waals surface area contributed by atoms with Gasteiger partial charge in [0.05, 0.1) is 29.5 Å². The van der Waals surface area contributed by atoms with E-state index in [4.69, 9.17) is 25.8 Å². The van der Waals surface area contributed by atoms with Crippen LogP contribution in [0.3, 0.4) is 0 Å². The van der Waals surface area contributed by atoms with Crippen molar-refractivity contribution in [3.8, 4) is 17.2 Å². The van der Waals surface area contributed by atoms with Crippen molar-refractivity contribution in [3.63, 3.8) is 0 Å². The third-order valence-corrected chi connectivity index (χ3v) is 6.78. The van der Waals surface area contributed by atoms with Gasteiger partial charge >= 0.3 is 0 Å². The van der Waals surface area contributed by atoms with Gasteiger partial charge in [0, 0.05) is 42.8 Å². The van der Waals surface area contributed by atoms with Crippen LogP contribution in [0.5, 0.6) is 17.2 Å². The Bertz CT molecular complexity index is 1120. The van der Waals surface area contributed by atoms with E-state index < -0.39 is 0 Å². The van der Waals surface area contributed by atoms with Gasteiger partial charge in [0.25, 0.3) is 0 Å². The average Bonchev–Trinajstić information content (AvgIpc) is 2.87. The highest BCUT2D eigenvalue weighted by atomic mass is 35.5. The zero-order valence-corrected chi connectivity index (χ0v) is 19.5. The van der Waals surface area contributed by atoms with E-state index in [0.717, 1.165) is 76.7 Å². The summed E-state index contributed by atoms with van der Waals surface area (Å²) in [6.45, 7) is 2.83. The molecule has 2 aliphatic rings. The maximum Gasteiger partial charge on any atom is 0.179 e. The molecule has 0 radical (unpaired) electrons. The number of aryl methyl sites for hydroxylation is 1. The van der Waals surface area contributed by atoms with E-state index >= 15 is 0 Å². The molecule has 7 nitrogen and oxygen atoms in total. The van der Waals surface area contributed by atoms with Gasteiger partial charge in [-0.3, -0.25) is 9.97 Å². The Balaban J connectivity index is 1.13. The molecule has 2 N–H and O–H groups in total. The second-order valence-corrected chi connectivity index (χ2v) is 8.99. The third-order valence-electron chi connectivity index (χ3n) is 6.45. The van der Waals surface area contributed by atoms with Crippen molar-refractivity contribution in [3.05, 3.63) is 52.9 Å². The van der Waals surface area contributed by atoms with Crippen LogP contribution in [0.4, 0.5) is 0 Å². The van der Waals surface area contributed by atoms with E-state index in [1.807, 2.05) is 24.3 Å². The number of hydrogen-bond donors (Lipinski definition) is 2. The van der Waals surface area contributed by atoms with E-state index in [9.17, 15) is 0 Å². The monoisotopic (exact) mass is 468 g/mol. The quantitative estimate of drug-likeness (QED) is 0.544. The maximum absolute atomic E-state index is 6.53. The minimum absolute atomic E-state index is 0.422. The first-order chi connectivity index (χ1) is 16.2. The van der Waals surface area contributed by atoms with E-state index in [2.05, 4.69) is 20.6 Å². The predicted octanol–water partition coefficient (Wildman–Crippen LogP) is 3.91. The zero-order chi connectivity index (χ0) is 22.6. The summed E-state index contributed by atoms with van der Waals surface area (Å²) in [5, 5.41) is 9.12. The van der Waals surface area contributed by atoms with Crippen LogP contribution in [-0.4, -0.2) is 48.9 Å². The van der Waals surface area contributed by atoms with Gasteiger partial charge in [-0.05, 0) is 49.4 Å². The molecule has 0 aliphatic carbocycles. The second kappa shape index (κ2) is 10.1. The largest absolute Gasteiger partial charge is 0.497 e. The first-order valence-corrected chi connectivity index (χ1v) is 11.9. The smallest absolute Gasteiger partial charge is 0.179 e. The molecule has 33 heavy (non-hydrogen) atoms. The number of nitrogens with one attached hydrogen (secondary N) is 2. The van der Waals surface area contributed by atoms with Crippen molar-refractivity contribution < 1.29 is 14.2 Å². The Labute approximate surface area is 198 Å². The number of ether oxygens (including phenoxy) is 3. The summed E-state index contributed by atoms with van der Waals surface area (Å²) in [6.07, 6.45) is 7.70. The molecule has 8 heteroatoms. The number of nitrogens with zero attached hydrogens (tertiary/aromatic N) is 2. The molecule has 5 rings (SSSR count). The van der Waals surface area contributed by atoms with Gasteiger partial charge in [0.2, 0.25) is 0 Å². The molecular formula is C25H29ClN4O3. The molecule has 174 valence electrons. The molecule has 1 fully saturated rings. The SMILES string of the molecule is COc1ccc2ncc(Cl)c(CCC3CCC(NCc4cc5c(cn4)OCCO5)CN3)c2c1. The summed E-state index contributed by atoms with van der Waals surface area (Å²) in [6, 6.07) is 8.82. The van der Waals surface area contributed by atoms with E-state index in [0.29, 0.717) is 31.8 Å². The zero-order valence-electron chi connectivity index (χ0n) is 18.8. The van der Waals surface area contributed by atoms with Gasteiger partial charge in [-0.1, -0.05) is 11.6 Å². The molecule has 1 saturated heterocycles. The minimum Gasteiger partial charge on any atom is -0.497 e. The highest BCUT2D eigenvalue weighted by Gasteiger charge is 2.21. The van der Waals surface area contributed by atoms with Gasteiger partial charge in [0.15, 0.2) is 11.5 Å². The number of pyridine rings is 2. The summed E-state index contributed by atoms with van der Waals surface area (Å²) in [7, 11) is 1.68. The van der Waals surface area contributed by atoms with Crippen LogP contribution >= 0.6 is 11.6 Å². The number of halogens is 1. The van der Waals surface area contributed by atoms with Gasteiger partial charge in [0.1, 0.15) is 19.0 Å². The second-order valence-electron chi connectivity index (χ2n) is 8.59. The minimum atomic E-state index is 0.422. The van der Waals surface area contributed by atoms with Crippen LogP contribution in [0.1, 0.15) is 30.5 Å². The number of hydrogen-bond acceptors (Lipinski definition) is 7. The fraction of sp³-hybridized carbons (Fsp3) is 0.440. The average molecular weight is 469 g/mol. The van der Waals surface area contributed by atoms with Crippen molar-refractivity contribution in [2.45, 2.75) is 44.3 Å². The fourth-order valence-electron chi connectivity index (χ4n) is 4.57. The Morgan fingerprint density at radius 3 is 2.82 bits per heavy atom. The first kappa shape index (κ1) is 22.2. The summed E-state index contributed by atoms with van der Waals surface area (Å²) in [5.74, 6) is 2.34. The molecular weight excluding hydrogens is 440 g/mol. The number of aromatic nitrogens is 2. The van der Waals surface area contributed by atoms with Crippen LogP contribution in [0, 0.1) is 0 Å². The first-order valence-electron chi connectivity index (χ1n) is 11.5. The third kappa shape index (κ3) is 5.16. The summed E-state index contributed by atoms with van der Waals surface area (Å²) < 4.78 is 16.6. The molecule has 0 saturated carbocycles. The lowest BCUT2D eigenvalue weighted by molar-refractivity contribution is 0.170. The molecule has 2 unspecified atom stereocenters. The molecule has 2 aromatic heterocycles. The molecule has 2 aliphatic heterocycles. The van der Waals surface area contributed by atoms with Crippen LogP contribution in [0.15, 0.2) is 36.7 Å². The number of benzene rings is 1. The lowest BCUT2D eigenvalue weighted by Crippen LogP contribution is -2.47. The van der Waals surface area contributed by atoms with E-state index in [1.54, 1.807) is 19.5 Å². The molecule has 2 atom stereocenters. The molecule has 0 amide bonds. The molecule has 0 spiro atoms. The van der Waals surface area contributed by atoms with E-state index in [1.165, 1.54) is 0 Å². The van der Waals surface area contributed by atoms with Crippen molar-refractivity contribution in [1.82, 2.24) is 20.6 Å². The van der Waals surface area contributed by atoms with Gasteiger partial charge in [-0.25, -0.2) is 0 Å². The summed E-state index contributed by atoms with van der Waals surface area (Å²) in [5.41, 5.74) is 3.06. The Morgan fingerprint density at radius 2 is 2.00 bits per heavy atom. The van der Waals surface area contributed by atoms with Crippen LogP contribution in [-0.2, 0) is 13.0 Å². The van der Waals surface area contributed by atoms with Crippen LogP contribution < -0.4 is 24.8 Å². The van der Waals surface area contributed by atoms with Crippen molar-refractivity contribution in [2.24, 2.45) is 0 Å². The number of methoxy groups -OCH3 is 1. The molecule has 1 aromatic carbocycles. The Hall–Kier alpha value is -2.61. The van der Waals surface area contributed by atoms with E-state index in [-0.39, 0.29) is 0 Å². The van der Waals surface area contributed by atoms with Crippen molar-refractivity contribution >= 4 is 22.5 Å². The summed E-state index contributed by atoms with van der Waals surface area (Å²) in [4.78, 5) is 8.94. The highest BCUT2D eigenvalue weighted by Crippen LogP contribution is 2.30. The Morgan fingerprint density at radius 1 is 1.12 bits per heavy atom. The van der Waals surface area contributed by atoms with Gasteiger partial charge < -0.3 is 24.8 Å². The molecule has 3 aromatic rings. The Kier molecular flexibility index (Phi) is 6.80. The van der Waals surface area contributed by atoms with Crippen molar-refractivity contribution in [1.29, 1.82) is 0 Å². The normalized spacial score (nSPS) is 20.1. The number of fused-ring (bicyclic) bond motifs is 2. The van der Waals surface area contributed by atoms with Crippen LogP contribution in [0.25, 0.3) is 10.9 Å². The standard InChI is InChI=1S/C25H29ClN4O3/c1-31-19-5-7-23-21(11-19)20(22(26)14-30-23)6-4-16-2-3-17(12-27-16)28-13-18-10-24-25(15-29-18)33-9-8-32-24/h5,7,10-11,14-17,27-28H,2-4,6,8-9,12-13H2,1H3. The van der Waals surface area contributed by atoms with Crippen LogP contribution in [0.2, 0.25) is 5.02 Å². The maximum atomic E-state index is 6.53. The highest BCUT2D eigenvalue weighted by molar-refractivity contribution is 6.32. The predicted molar refractivity (Wildman–Crippen MR) is 129 cm³/mol. The summed E-state index contributed by atoms with van der Waals surface area (Å²) >= 11 is 6.53. The van der Waals surface area contributed by atoms with Gasteiger partial charge in [-0.15, -0.1) is 0 Å². The number of rotatable bonds is 7. The molecule has 4 heterocycles.